The van der Waals surface area contributed by atoms with E-state index in [2.05, 4.69) is 15.2 Å². The minimum absolute atomic E-state index is 0.163. The fourth-order valence-electron chi connectivity index (χ4n) is 2.44. The quantitative estimate of drug-likeness (QED) is 0.707. The van der Waals surface area contributed by atoms with Crippen LogP contribution in [0, 0.1) is 5.82 Å². The number of pyridine rings is 1. The van der Waals surface area contributed by atoms with Crippen molar-refractivity contribution in [3.8, 4) is 5.75 Å². The molecule has 0 bridgehead atoms. The molecule has 6 nitrogen and oxygen atoms in total. The molecule has 1 aromatic carbocycles. The Morgan fingerprint density at radius 1 is 1.23 bits per heavy atom. The van der Waals surface area contributed by atoms with Crippen molar-refractivity contribution >= 4 is 5.91 Å². The maximum atomic E-state index is 13.2. The Kier molecular flexibility index (Phi) is 5.58. The van der Waals surface area contributed by atoms with Gasteiger partial charge in [-0.25, -0.2) is 4.39 Å². The first-order valence-corrected chi connectivity index (χ1v) is 8.27. The van der Waals surface area contributed by atoms with Gasteiger partial charge in [0.25, 0.3) is 5.91 Å². The highest BCUT2D eigenvalue weighted by Crippen LogP contribution is 2.14. The van der Waals surface area contributed by atoms with Gasteiger partial charge in [0.1, 0.15) is 18.2 Å². The molecule has 0 aliphatic rings. The van der Waals surface area contributed by atoms with Crippen LogP contribution >= 0.6 is 0 Å². The second-order valence-electron chi connectivity index (χ2n) is 5.66. The molecule has 0 saturated heterocycles. The van der Waals surface area contributed by atoms with Crippen molar-refractivity contribution in [2.75, 3.05) is 6.54 Å². The molecule has 0 atom stereocenters. The molecule has 3 aromatic rings. The van der Waals surface area contributed by atoms with Crippen LogP contribution in [0.3, 0.4) is 0 Å². The molecule has 2 aromatic heterocycles. The standard InChI is InChI=1S/C19H19FN4O2/c1-2-24(12-15-7-3-4-9-21-15)19(25)18-11-16(22-23-18)13-26-17-8-5-6-14(20)10-17/h3-11H,2,12-13H2,1H3,(H,22,23). The van der Waals surface area contributed by atoms with Gasteiger partial charge in [-0.05, 0) is 37.3 Å². The van der Waals surface area contributed by atoms with Crippen LogP contribution in [0.25, 0.3) is 0 Å². The Hall–Kier alpha value is -3.22. The summed E-state index contributed by atoms with van der Waals surface area (Å²) in [7, 11) is 0. The molecule has 0 saturated carbocycles. The van der Waals surface area contributed by atoms with Crippen molar-refractivity contribution in [3.63, 3.8) is 0 Å². The summed E-state index contributed by atoms with van der Waals surface area (Å²) >= 11 is 0. The summed E-state index contributed by atoms with van der Waals surface area (Å²) in [5.41, 5.74) is 1.75. The van der Waals surface area contributed by atoms with E-state index in [1.54, 1.807) is 29.3 Å². The first kappa shape index (κ1) is 17.6. The number of aromatic amines is 1. The van der Waals surface area contributed by atoms with Gasteiger partial charge in [-0.1, -0.05) is 12.1 Å². The minimum atomic E-state index is -0.365. The number of hydrogen-bond donors (Lipinski definition) is 1. The molecule has 134 valence electrons. The lowest BCUT2D eigenvalue weighted by Gasteiger charge is -2.19. The Bertz CT molecular complexity index is 867. The normalized spacial score (nSPS) is 10.5. The molecule has 1 amide bonds. The van der Waals surface area contributed by atoms with E-state index in [9.17, 15) is 9.18 Å². The number of nitrogens with zero attached hydrogens (tertiary/aromatic N) is 3. The molecule has 0 spiro atoms. The third kappa shape index (κ3) is 4.44. The summed E-state index contributed by atoms with van der Waals surface area (Å²) in [6.45, 7) is 3.02. The molecule has 0 fully saturated rings. The number of benzene rings is 1. The third-order valence-corrected chi connectivity index (χ3v) is 3.79. The van der Waals surface area contributed by atoms with Gasteiger partial charge in [-0.15, -0.1) is 0 Å². The summed E-state index contributed by atoms with van der Waals surface area (Å²) in [5, 5.41) is 6.85. The predicted molar refractivity (Wildman–Crippen MR) is 94.0 cm³/mol. The number of ether oxygens (including phenoxy) is 1. The molecule has 0 unspecified atom stereocenters. The van der Waals surface area contributed by atoms with E-state index in [0.29, 0.717) is 30.2 Å². The average Bonchev–Trinajstić information content (AvgIpc) is 3.14. The van der Waals surface area contributed by atoms with Crippen molar-refractivity contribution in [1.82, 2.24) is 20.1 Å². The van der Waals surface area contributed by atoms with Crippen LogP contribution in [-0.4, -0.2) is 32.5 Å². The lowest BCUT2D eigenvalue weighted by molar-refractivity contribution is 0.0744. The monoisotopic (exact) mass is 354 g/mol. The fourth-order valence-corrected chi connectivity index (χ4v) is 2.44. The number of carbonyl (C=O) groups is 1. The van der Waals surface area contributed by atoms with Crippen LogP contribution in [0.1, 0.15) is 28.8 Å². The second-order valence-corrected chi connectivity index (χ2v) is 5.66. The number of hydrogen-bond acceptors (Lipinski definition) is 4. The Labute approximate surface area is 150 Å². The summed E-state index contributed by atoms with van der Waals surface area (Å²) in [5.74, 6) is -0.139. The molecule has 26 heavy (non-hydrogen) atoms. The molecule has 0 aliphatic carbocycles. The Morgan fingerprint density at radius 2 is 2.12 bits per heavy atom. The minimum Gasteiger partial charge on any atom is -0.487 e. The van der Waals surface area contributed by atoms with Gasteiger partial charge in [0.05, 0.1) is 17.9 Å². The van der Waals surface area contributed by atoms with Gasteiger partial charge in [-0.3, -0.25) is 14.9 Å². The summed E-state index contributed by atoms with van der Waals surface area (Å²) in [6, 6.07) is 13.1. The zero-order valence-corrected chi connectivity index (χ0v) is 14.4. The smallest absolute Gasteiger partial charge is 0.274 e. The summed E-state index contributed by atoms with van der Waals surface area (Å²) in [4.78, 5) is 18.5. The lowest BCUT2D eigenvalue weighted by Crippen LogP contribution is -2.30. The van der Waals surface area contributed by atoms with Crippen LogP contribution in [0.2, 0.25) is 0 Å². The fraction of sp³-hybridized carbons (Fsp3) is 0.211. The van der Waals surface area contributed by atoms with E-state index < -0.39 is 0 Å². The van der Waals surface area contributed by atoms with Gasteiger partial charge < -0.3 is 9.64 Å². The largest absolute Gasteiger partial charge is 0.487 e. The van der Waals surface area contributed by atoms with E-state index in [0.717, 1.165) is 5.69 Å². The van der Waals surface area contributed by atoms with Gasteiger partial charge in [0, 0.05) is 18.8 Å². The second kappa shape index (κ2) is 8.24. The molecule has 2 heterocycles. The maximum absolute atomic E-state index is 13.2. The maximum Gasteiger partial charge on any atom is 0.274 e. The Balaban J connectivity index is 1.63. The number of H-pyrrole nitrogens is 1. The van der Waals surface area contributed by atoms with Crippen LogP contribution in [0.4, 0.5) is 4.39 Å². The van der Waals surface area contributed by atoms with E-state index in [-0.39, 0.29) is 18.3 Å². The number of amides is 1. The topological polar surface area (TPSA) is 71.1 Å². The molecular weight excluding hydrogens is 335 g/mol. The highest BCUT2D eigenvalue weighted by molar-refractivity contribution is 5.92. The van der Waals surface area contributed by atoms with Gasteiger partial charge >= 0.3 is 0 Å². The summed E-state index contributed by atoms with van der Waals surface area (Å²) in [6.07, 6.45) is 1.70. The van der Waals surface area contributed by atoms with E-state index in [1.165, 1.54) is 12.1 Å². The van der Waals surface area contributed by atoms with Crippen LogP contribution in [0.5, 0.6) is 5.75 Å². The third-order valence-electron chi connectivity index (χ3n) is 3.79. The molecule has 1 N–H and O–H groups in total. The molecular formula is C19H19FN4O2. The van der Waals surface area contributed by atoms with E-state index in [1.807, 2.05) is 25.1 Å². The number of carbonyl (C=O) groups excluding carboxylic acids is 1. The van der Waals surface area contributed by atoms with Crippen molar-refractivity contribution in [1.29, 1.82) is 0 Å². The number of nitrogens with one attached hydrogen (secondary N) is 1. The first-order chi connectivity index (χ1) is 12.7. The molecule has 0 radical (unpaired) electrons. The van der Waals surface area contributed by atoms with Crippen molar-refractivity contribution < 1.29 is 13.9 Å². The highest BCUT2D eigenvalue weighted by atomic mass is 19.1. The number of halogens is 1. The zero-order chi connectivity index (χ0) is 18.4. The van der Waals surface area contributed by atoms with Crippen molar-refractivity contribution in [3.05, 3.63) is 77.6 Å². The predicted octanol–water partition coefficient (Wildman–Crippen LogP) is 3.19. The van der Waals surface area contributed by atoms with E-state index >= 15 is 0 Å². The number of aromatic nitrogens is 3. The SMILES string of the molecule is CCN(Cc1ccccn1)C(=O)c1cc(COc2cccc(F)c2)[nH]n1. The zero-order valence-electron chi connectivity index (χ0n) is 14.4. The first-order valence-electron chi connectivity index (χ1n) is 8.27. The Morgan fingerprint density at radius 3 is 2.85 bits per heavy atom. The van der Waals surface area contributed by atoms with Crippen molar-refractivity contribution in [2.45, 2.75) is 20.1 Å². The van der Waals surface area contributed by atoms with Crippen LogP contribution in [0.15, 0.2) is 54.7 Å². The van der Waals surface area contributed by atoms with Gasteiger partial charge in [-0.2, -0.15) is 5.10 Å². The highest BCUT2D eigenvalue weighted by Gasteiger charge is 2.18. The van der Waals surface area contributed by atoms with Gasteiger partial charge in [0.2, 0.25) is 0 Å². The van der Waals surface area contributed by atoms with Crippen LogP contribution < -0.4 is 4.74 Å². The average molecular weight is 354 g/mol. The van der Waals surface area contributed by atoms with Crippen molar-refractivity contribution in [2.24, 2.45) is 0 Å². The number of rotatable bonds is 7. The molecule has 3 rings (SSSR count). The van der Waals surface area contributed by atoms with Crippen LogP contribution in [-0.2, 0) is 13.2 Å². The van der Waals surface area contributed by atoms with E-state index in [4.69, 9.17) is 4.74 Å². The molecule has 0 aliphatic heterocycles. The van der Waals surface area contributed by atoms with Gasteiger partial charge in [0.15, 0.2) is 5.69 Å². The summed E-state index contributed by atoms with van der Waals surface area (Å²) < 4.78 is 18.7. The lowest BCUT2D eigenvalue weighted by atomic mass is 10.3. The molecule has 7 heteroatoms.